The molecule has 1 unspecified atom stereocenters. The molecule has 0 N–H and O–H groups in total. The van der Waals surface area contributed by atoms with Gasteiger partial charge in [-0.05, 0) is 12.8 Å². The van der Waals surface area contributed by atoms with E-state index in [4.69, 9.17) is 14.2 Å². The van der Waals surface area contributed by atoms with Gasteiger partial charge in [0, 0.05) is 40.5 Å². The average Bonchev–Trinajstić information content (AvgIpc) is 3.35. The fourth-order valence-corrected chi connectivity index (χ4v) is 2.33. The highest BCUT2D eigenvalue weighted by Gasteiger charge is 2.26. The Balaban J connectivity index is 2.38. The maximum Gasteiger partial charge on any atom is 0.336 e. The van der Waals surface area contributed by atoms with Crippen LogP contribution in [0.4, 0.5) is 0 Å². The first-order valence-electron chi connectivity index (χ1n) is 7.64. The van der Waals surface area contributed by atoms with Crippen molar-refractivity contribution in [3.8, 4) is 0 Å². The highest BCUT2D eigenvalue weighted by atomic mass is 16.6. The van der Waals surface area contributed by atoms with Crippen LogP contribution < -0.4 is 17.1 Å². The number of aromatic nitrogens is 3. The molecule has 0 amide bonds. The van der Waals surface area contributed by atoms with Crippen molar-refractivity contribution in [1.82, 2.24) is 13.7 Å². The van der Waals surface area contributed by atoms with Crippen molar-refractivity contribution in [2.24, 2.45) is 0 Å². The third-order valence-electron chi connectivity index (χ3n) is 3.63. The molecule has 9 nitrogen and oxygen atoms in total. The second-order valence-electron chi connectivity index (χ2n) is 5.41. The smallest absolute Gasteiger partial charge is 0.336 e. The normalized spacial score (nSPS) is 16.7. The zero-order valence-corrected chi connectivity index (χ0v) is 13.5. The summed E-state index contributed by atoms with van der Waals surface area (Å²) in [5.41, 5.74) is -1.76. The van der Waals surface area contributed by atoms with E-state index in [9.17, 15) is 14.4 Å². The molecule has 1 aliphatic heterocycles. The minimum Gasteiger partial charge on any atom is -0.385 e. The summed E-state index contributed by atoms with van der Waals surface area (Å²) in [6.45, 7) is 1.98. The van der Waals surface area contributed by atoms with Crippen LogP contribution >= 0.6 is 0 Å². The van der Waals surface area contributed by atoms with Crippen molar-refractivity contribution in [2.45, 2.75) is 38.6 Å². The van der Waals surface area contributed by atoms with Crippen LogP contribution in [0.1, 0.15) is 12.8 Å². The molecule has 0 aliphatic carbocycles. The van der Waals surface area contributed by atoms with Crippen molar-refractivity contribution in [2.75, 3.05) is 34.0 Å². The predicted molar refractivity (Wildman–Crippen MR) is 81.9 cm³/mol. The van der Waals surface area contributed by atoms with Crippen molar-refractivity contribution < 1.29 is 14.2 Å². The molecule has 2 rings (SSSR count). The lowest BCUT2D eigenvalue weighted by Crippen LogP contribution is -2.55. The van der Waals surface area contributed by atoms with E-state index in [-0.39, 0.29) is 25.7 Å². The van der Waals surface area contributed by atoms with Crippen molar-refractivity contribution in [1.29, 1.82) is 0 Å². The zero-order chi connectivity index (χ0) is 16.8. The summed E-state index contributed by atoms with van der Waals surface area (Å²) in [5, 5.41) is 0. The molecule has 0 aromatic carbocycles. The van der Waals surface area contributed by atoms with Gasteiger partial charge in [0.25, 0.3) is 0 Å². The van der Waals surface area contributed by atoms with E-state index < -0.39 is 17.1 Å². The van der Waals surface area contributed by atoms with Gasteiger partial charge in [-0.25, -0.2) is 28.1 Å². The van der Waals surface area contributed by atoms with Gasteiger partial charge < -0.3 is 14.2 Å². The molecular formula is C14H23N3O6. The van der Waals surface area contributed by atoms with Gasteiger partial charge in [-0.2, -0.15) is 0 Å². The minimum absolute atomic E-state index is 0.127. The number of nitrogens with zero attached hydrogens (tertiary/aromatic N) is 3. The van der Waals surface area contributed by atoms with Crippen LogP contribution in [0.25, 0.3) is 0 Å². The second-order valence-corrected chi connectivity index (χ2v) is 5.41. The van der Waals surface area contributed by atoms with Crippen LogP contribution in [-0.2, 0) is 33.8 Å². The predicted octanol–water partition coefficient (Wildman–Crippen LogP) is -1.36. The summed E-state index contributed by atoms with van der Waals surface area (Å²) in [4.78, 5) is 37.3. The first kappa shape index (κ1) is 17.6. The van der Waals surface area contributed by atoms with E-state index in [0.717, 1.165) is 13.7 Å². The Hall–Kier alpha value is -1.71. The molecule has 0 saturated carbocycles. The SMILES string of the molecule is COCCCn1c(=O)n(CCCOC)c(=O)n(CC2CO2)c1=O. The molecule has 1 aromatic heterocycles. The summed E-state index contributed by atoms with van der Waals surface area (Å²) in [6.07, 6.45) is 0.904. The Kier molecular flexibility index (Phi) is 6.31. The monoisotopic (exact) mass is 329 g/mol. The summed E-state index contributed by atoms with van der Waals surface area (Å²) in [5.74, 6) is 0. The van der Waals surface area contributed by atoms with E-state index in [1.807, 2.05) is 0 Å². The lowest BCUT2D eigenvalue weighted by atomic mass is 10.4. The van der Waals surface area contributed by atoms with Crippen LogP contribution in [0.5, 0.6) is 0 Å². The van der Waals surface area contributed by atoms with Gasteiger partial charge in [0.05, 0.1) is 19.3 Å². The Morgan fingerprint density at radius 3 is 1.74 bits per heavy atom. The zero-order valence-electron chi connectivity index (χ0n) is 13.5. The number of methoxy groups -OCH3 is 2. The van der Waals surface area contributed by atoms with Crippen LogP contribution in [0.15, 0.2) is 14.4 Å². The molecule has 0 bridgehead atoms. The number of hydrogen-bond donors (Lipinski definition) is 0. The topological polar surface area (TPSA) is 97.0 Å². The third kappa shape index (κ3) is 4.40. The van der Waals surface area contributed by atoms with E-state index in [0.29, 0.717) is 32.7 Å². The first-order valence-corrected chi connectivity index (χ1v) is 7.64. The molecule has 1 atom stereocenters. The molecule has 1 fully saturated rings. The summed E-state index contributed by atoms with van der Waals surface area (Å²) < 4.78 is 18.3. The number of epoxide rings is 1. The fraction of sp³-hybridized carbons (Fsp3) is 0.786. The number of hydrogen-bond acceptors (Lipinski definition) is 6. The van der Waals surface area contributed by atoms with Crippen molar-refractivity contribution >= 4 is 0 Å². The van der Waals surface area contributed by atoms with Gasteiger partial charge >= 0.3 is 17.1 Å². The molecule has 130 valence electrons. The van der Waals surface area contributed by atoms with Crippen LogP contribution in [0.2, 0.25) is 0 Å². The quantitative estimate of drug-likeness (QED) is 0.389. The Morgan fingerprint density at radius 2 is 1.35 bits per heavy atom. The molecule has 2 heterocycles. The average molecular weight is 329 g/mol. The molecular weight excluding hydrogens is 306 g/mol. The highest BCUT2D eigenvalue weighted by Crippen LogP contribution is 2.08. The van der Waals surface area contributed by atoms with E-state index >= 15 is 0 Å². The van der Waals surface area contributed by atoms with Gasteiger partial charge in [0.2, 0.25) is 0 Å². The van der Waals surface area contributed by atoms with Gasteiger partial charge in [-0.3, -0.25) is 0 Å². The van der Waals surface area contributed by atoms with E-state index in [1.165, 1.54) is 0 Å². The van der Waals surface area contributed by atoms with Gasteiger partial charge in [0.1, 0.15) is 0 Å². The van der Waals surface area contributed by atoms with Crippen molar-refractivity contribution in [3.63, 3.8) is 0 Å². The fourth-order valence-electron chi connectivity index (χ4n) is 2.33. The highest BCUT2D eigenvalue weighted by molar-refractivity contribution is 4.82. The largest absolute Gasteiger partial charge is 0.385 e. The van der Waals surface area contributed by atoms with Crippen LogP contribution in [-0.4, -0.2) is 53.8 Å². The van der Waals surface area contributed by atoms with E-state index in [2.05, 4.69) is 0 Å². The standard InChI is InChI=1S/C14H23N3O6/c1-21-7-3-5-15-12(18)16(6-4-8-22-2)14(20)17(13(15)19)9-11-10-23-11/h11H,3-10H2,1-2H3. The lowest BCUT2D eigenvalue weighted by Gasteiger charge is -2.13. The maximum absolute atomic E-state index is 12.5. The van der Waals surface area contributed by atoms with Crippen LogP contribution in [0.3, 0.4) is 0 Å². The molecule has 9 heteroatoms. The molecule has 23 heavy (non-hydrogen) atoms. The summed E-state index contributed by atoms with van der Waals surface area (Å²) in [6, 6.07) is 0. The number of rotatable bonds is 10. The Bertz CT molecular complexity index is 637. The first-order chi connectivity index (χ1) is 11.1. The number of ether oxygens (including phenoxy) is 3. The van der Waals surface area contributed by atoms with Gasteiger partial charge in [0.15, 0.2) is 0 Å². The van der Waals surface area contributed by atoms with Crippen molar-refractivity contribution in [3.05, 3.63) is 31.5 Å². The second kappa shape index (κ2) is 8.23. The minimum atomic E-state index is -0.588. The lowest BCUT2D eigenvalue weighted by molar-refractivity contribution is 0.185. The van der Waals surface area contributed by atoms with E-state index in [1.54, 1.807) is 14.2 Å². The maximum atomic E-state index is 12.5. The molecule has 1 saturated heterocycles. The molecule has 1 aliphatic rings. The molecule has 0 radical (unpaired) electrons. The molecule has 0 spiro atoms. The molecule has 1 aromatic rings. The summed E-state index contributed by atoms with van der Waals surface area (Å²) in [7, 11) is 3.11. The van der Waals surface area contributed by atoms with Gasteiger partial charge in [-0.1, -0.05) is 0 Å². The third-order valence-corrected chi connectivity index (χ3v) is 3.63. The van der Waals surface area contributed by atoms with Gasteiger partial charge in [-0.15, -0.1) is 0 Å². The summed E-state index contributed by atoms with van der Waals surface area (Å²) >= 11 is 0. The Labute approximate surface area is 133 Å². The Morgan fingerprint density at radius 1 is 0.913 bits per heavy atom. The van der Waals surface area contributed by atoms with Crippen LogP contribution in [0, 0.1) is 0 Å².